The highest BCUT2D eigenvalue weighted by Gasteiger charge is 2.10. The maximum absolute atomic E-state index is 11.5. The zero-order valence-corrected chi connectivity index (χ0v) is 9.70. The molecule has 0 atom stereocenters. The molecule has 0 saturated carbocycles. The predicted octanol–water partition coefficient (Wildman–Crippen LogP) is 0.510. The van der Waals surface area contributed by atoms with Gasteiger partial charge in [-0.25, -0.2) is 0 Å². The molecule has 1 aromatic rings. The quantitative estimate of drug-likeness (QED) is 0.578. The van der Waals surface area contributed by atoms with E-state index in [1.54, 1.807) is 0 Å². The zero-order chi connectivity index (χ0) is 12.8. The van der Waals surface area contributed by atoms with Crippen LogP contribution in [0.2, 0.25) is 0 Å². The summed E-state index contributed by atoms with van der Waals surface area (Å²) in [5.74, 6) is -0.863. The highest BCUT2D eigenvalue weighted by Crippen LogP contribution is 2.04. The number of aromatic nitrogens is 1. The molecule has 0 unspecified atom stereocenters. The van der Waals surface area contributed by atoms with Gasteiger partial charge in [0.15, 0.2) is 5.78 Å². The van der Waals surface area contributed by atoms with Crippen LogP contribution >= 0.6 is 0 Å². The van der Waals surface area contributed by atoms with Gasteiger partial charge in [-0.3, -0.25) is 14.4 Å². The molecule has 1 rings (SSSR count). The molecule has 6 heteroatoms. The van der Waals surface area contributed by atoms with Gasteiger partial charge in [0.25, 0.3) is 5.91 Å². The number of nitrogens with one attached hydrogen (secondary N) is 2. The maximum atomic E-state index is 11.5. The maximum Gasteiger partial charge on any atom is 0.307 e. The van der Waals surface area contributed by atoms with E-state index in [1.807, 2.05) is 0 Å². The molecule has 0 spiro atoms. The summed E-state index contributed by atoms with van der Waals surface area (Å²) in [7, 11) is 1.29. The van der Waals surface area contributed by atoms with E-state index < -0.39 is 0 Å². The molecule has 0 saturated heterocycles. The number of carbonyl (C=O) groups excluding carboxylic acids is 3. The van der Waals surface area contributed by atoms with Crippen molar-refractivity contribution < 1.29 is 19.1 Å². The molecule has 0 bridgehead atoms. The number of amides is 1. The molecule has 0 fully saturated rings. The smallest absolute Gasteiger partial charge is 0.307 e. The molecule has 6 nitrogen and oxygen atoms in total. The number of Topliss-reactive ketones (excluding diaryl/α,β-unsaturated/α-hetero) is 1. The van der Waals surface area contributed by atoms with Crippen LogP contribution in [-0.4, -0.2) is 36.3 Å². The van der Waals surface area contributed by atoms with Gasteiger partial charge in [0, 0.05) is 18.3 Å². The highest BCUT2D eigenvalue weighted by molar-refractivity contribution is 5.99. The van der Waals surface area contributed by atoms with Crippen molar-refractivity contribution in [3.63, 3.8) is 0 Å². The molecular formula is C11H14N2O4. The van der Waals surface area contributed by atoms with E-state index in [-0.39, 0.29) is 30.6 Å². The summed E-state index contributed by atoms with van der Waals surface area (Å²) in [4.78, 5) is 36.0. The molecule has 17 heavy (non-hydrogen) atoms. The predicted molar refractivity (Wildman–Crippen MR) is 59.8 cm³/mol. The van der Waals surface area contributed by atoms with Gasteiger partial charge in [-0.1, -0.05) is 0 Å². The van der Waals surface area contributed by atoms with Gasteiger partial charge in [-0.15, -0.1) is 0 Å². The Morgan fingerprint density at radius 3 is 2.65 bits per heavy atom. The lowest BCUT2D eigenvalue weighted by Gasteiger charge is -2.02. The van der Waals surface area contributed by atoms with Crippen LogP contribution in [0.15, 0.2) is 12.3 Å². The van der Waals surface area contributed by atoms with Crippen molar-refractivity contribution in [3.8, 4) is 0 Å². The molecule has 0 radical (unpaired) electrons. The average molecular weight is 238 g/mol. The lowest BCUT2D eigenvalue weighted by Crippen LogP contribution is -2.26. The van der Waals surface area contributed by atoms with Crippen molar-refractivity contribution in [1.29, 1.82) is 0 Å². The van der Waals surface area contributed by atoms with E-state index in [2.05, 4.69) is 15.0 Å². The normalized spacial score (nSPS) is 9.76. The number of ketones is 1. The van der Waals surface area contributed by atoms with Crippen LogP contribution < -0.4 is 5.32 Å². The minimum Gasteiger partial charge on any atom is -0.469 e. The first-order valence-corrected chi connectivity index (χ1v) is 5.09. The number of aromatic amines is 1. The molecule has 1 heterocycles. The highest BCUT2D eigenvalue weighted by atomic mass is 16.5. The van der Waals surface area contributed by atoms with Crippen LogP contribution in [-0.2, 0) is 9.53 Å². The van der Waals surface area contributed by atoms with E-state index in [1.165, 1.54) is 26.3 Å². The molecule has 0 aliphatic heterocycles. The van der Waals surface area contributed by atoms with Crippen LogP contribution in [0.5, 0.6) is 0 Å². The van der Waals surface area contributed by atoms with Crippen molar-refractivity contribution >= 4 is 17.7 Å². The summed E-state index contributed by atoms with van der Waals surface area (Å²) in [5.41, 5.74) is 0.739. The van der Waals surface area contributed by atoms with Gasteiger partial charge in [-0.05, 0) is 13.0 Å². The van der Waals surface area contributed by atoms with Crippen LogP contribution in [0, 0.1) is 0 Å². The SMILES string of the molecule is COC(=O)CCNC(=O)c1cc(C(C)=O)c[nH]1. The van der Waals surface area contributed by atoms with Crippen molar-refractivity contribution in [1.82, 2.24) is 10.3 Å². The molecule has 1 amide bonds. The summed E-state index contributed by atoms with van der Waals surface area (Å²) in [6, 6.07) is 1.47. The third kappa shape index (κ3) is 3.75. The molecule has 1 aromatic heterocycles. The lowest BCUT2D eigenvalue weighted by molar-refractivity contribution is -0.140. The Balaban J connectivity index is 2.47. The fraction of sp³-hybridized carbons (Fsp3) is 0.364. The lowest BCUT2D eigenvalue weighted by atomic mass is 10.2. The minimum absolute atomic E-state index is 0.114. The molecule has 0 aliphatic rings. The average Bonchev–Trinajstić information content (AvgIpc) is 2.78. The van der Waals surface area contributed by atoms with Gasteiger partial charge < -0.3 is 15.0 Å². The van der Waals surface area contributed by atoms with Crippen molar-refractivity contribution in [2.75, 3.05) is 13.7 Å². The fourth-order valence-electron chi connectivity index (χ4n) is 1.20. The standard InChI is InChI=1S/C11H14N2O4/c1-7(14)8-5-9(13-6-8)11(16)12-4-3-10(15)17-2/h5-6,13H,3-4H2,1-2H3,(H,12,16). The molecule has 92 valence electrons. The van der Waals surface area contributed by atoms with E-state index in [0.29, 0.717) is 11.3 Å². The summed E-state index contributed by atoms with van der Waals surface area (Å²) >= 11 is 0. The Hall–Kier alpha value is -2.11. The largest absolute Gasteiger partial charge is 0.469 e. The number of methoxy groups -OCH3 is 1. The van der Waals surface area contributed by atoms with E-state index in [4.69, 9.17) is 0 Å². The molecular weight excluding hydrogens is 224 g/mol. The first-order valence-electron chi connectivity index (χ1n) is 5.09. The first-order chi connectivity index (χ1) is 8.04. The summed E-state index contributed by atoms with van der Waals surface area (Å²) in [5, 5.41) is 2.53. The van der Waals surface area contributed by atoms with Crippen molar-refractivity contribution in [2.45, 2.75) is 13.3 Å². The second-order valence-corrected chi connectivity index (χ2v) is 3.44. The Morgan fingerprint density at radius 2 is 2.12 bits per heavy atom. The van der Waals surface area contributed by atoms with Gasteiger partial charge in [0.1, 0.15) is 5.69 Å². The third-order valence-electron chi connectivity index (χ3n) is 2.18. The number of ether oxygens (including phenoxy) is 1. The number of rotatable bonds is 5. The number of esters is 1. The van der Waals surface area contributed by atoms with Gasteiger partial charge >= 0.3 is 5.97 Å². The summed E-state index contributed by atoms with van der Waals surface area (Å²) < 4.78 is 4.43. The molecule has 2 N–H and O–H groups in total. The number of H-pyrrole nitrogens is 1. The Labute approximate surface area is 98.3 Å². The van der Waals surface area contributed by atoms with Crippen LogP contribution in [0.25, 0.3) is 0 Å². The van der Waals surface area contributed by atoms with E-state index in [9.17, 15) is 14.4 Å². The van der Waals surface area contributed by atoms with Crippen molar-refractivity contribution in [2.24, 2.45) is 0 Å². The monoisotopic (exact) mass is 238 g/mol. The summed E-state index contributed by atoms with van der Waals surface area (Å²) in [6.07, 6.45) is 1.58. The van der Waals surface area contributed by atoms with E-state index >= 15 is 0 Å². The number of hydrogen-bond donors (Lipinski definition) is 2. The Morgan fingerprint density at radius 1 is 1.41 bits per heavy atom. The Kier molecular flexibility index (Phi) is 4.45. The van der Waals surface area contributed by atoms with Gasteiger partial charge in [0.2, 0.25) is 0 Å². The second-order valence-electron chi connectivity index (χ2n) is 3.44. The second kappa shape index (κ2) is 5.83. The van der Waals surface area contributed by atoms with Gasteiger partial charge in [-0.2, -0.15) is 0 Å². The first kappa shape index (κ1) is 13.0. The van der Waals surface area contributed by atoms with E-state index in [0.717, 1.165) is 0 Å². The molecule has 0 aromatic carbocycles. The number of carbonyl (C=O) groups is 3. The number of hydrogen-bond acceptors (Lipinski definition) is 4. The van der Waals surface area contributed by atoms with Crippen molar-refractivity contribution in [3.05, 3.63) is 23.5 Å². The minimum atomic E-state index is -0.388. The van der Waals surface area contributed by atoms with Crippen LogP contribution in [0.1, 0.15) is 34.2 Å². The molecule has 0 aliphatic carbocycles. The fourth-order valence-corrected chi connectivity index (χ4v) is 1.20. The third-order valence-corrected chi connectivity index (χ3v) is 2.18. The van der Waals surface area contributed by atoms with Gasteiger partial charge in [0.05, 0.1) is 13.5 Å². The topological polar surface area (TPSA) is 88.3 Å². The van der Waals surface area contributed by atoms with Crippen LogP contribution in [0.3, 0.4) is 0 Å². The summed E-state index contributed by atoms with van der Waals surface area (Å²) in [6.45, 7) is 1.61. The van der Waals surface area contributed by atoms with Crippen LogP contribution in [0.4, 0.5) is 0 Å². The Bertz CT molecular complexity index is 436. The zero-order valence-electron chi connectivity index (χ0n) is 9.70.